The number of carbonyl (C=O) groups excluding carboxylic acids is 2. The van der Waals surface area contributed by atoms with E-state index in [1.54, 1.807) is 54.6 Å². The second-order valence-corrected chi connectivity index (χ2v) is 8.36. The van der Waals surface area contributed by atoms with Crippen LogP contribution in [-0.4, -0.2) is 36.4 Å². The summed E-state index contributed by atoms with van der Waals surface area (Å²) in [5.74, 6) is -0.373. The Kier molecular flexibility index (Phi) is 6.11. The van der Waals surface area contributed by atoms with Crippen molar-refractivity contribution in [3.8, 4) is 0 Å². The Morgan fingerprint density at radius 2 is 1.66 bits per heavy atom. The van der Waals surface area contributed by atoms with Crippen molar-refractivity contribution >= 4 is 46.1 Å². The van der Waals surface area contributed by atoms with Crippen LogP contribution in [0, 0.1) is 0 Å². The van der Waals surface area contributed by atoms with Crippen LogP contribution in [0.2, 0.25) is 5.02 Å². The van der Waals surface area contributed by atoms with E-state index in [-0.39, 0.29) is 35.0 Å². The fourth-order valence-electron chi connectivity index (χ4n) is 3.18. The molecule has 0 fully saturated rings. The number of benzene rings is 2. The molecule has 2 heterocycles. The first-order valence-electron chi connectivity index (χ1n) is 9.54. The van der Waals surface area contributed by atoms with Crippen molar-refractivity contribution in [1.29, 1.82) is 0 Å². The highest BCUT2D eigenvalue weighted by molar-refractivity contribution is 7.99. The number of ketones is 2. The van der Waals surface area contributed by atoms with Gasteiger partial charge in [0.1, 0.15) is 0 Å². The molecule has 0 spiro atoms. The van der Waals surface area contributed by atoms with E-state index in [2.05, 4.69) is 9.97 Å². The number of thioether (sulfide) groups is 1. The van der Waals surface area contributed by atoms with E-state index < -0.39 is 11.2 Å². The maximum absolute atomic E-state index is 12.8. The SMILES string of the molecule is Cn1c(=O)[nH]c(=O)c2c1nc(SCC(=O)c1ccc(Cl)cc1)n2CC(=O)c1ccccc1. The van der Waals surface area contributed by atoms with E-state index in [1.165, 1.54) is 16.2 Å². The minimum Gasteiger partial charge on any atom is -0.305 e. The van der Waals surface area contributed by atoms with E-state index in [4.69, 9.17) is 11.6 Å². The summed E-state index contributed by atoms with van der Waals surface area (Å²) in [6, 6.07) is 15.2. The number of aromatic amines is 1. The van der Waals surface area contributed by atoms with Crippen LogP contribution in [0.3, 0.4) is 0 Å². The van der Waals surface area contributed by atoms with Crippen LogP contribution in [0.25, 0.3) is 11.2 Å². The number of hydrogen-bond acceptors (Lipinski definition) is 6. The molecule has 0 bridgehead atoms. The minimum atomic E-state index is -0.646. The largest absolute Gasteiger partial charge is 0.329 e. The molecule has 0 unspecified atom stereocenters. The second kappa shape index (κ2) is 8.97. The van der Waals surface area contributed by atoms with Gasteiger partial charge in [0.15, 0.2) is 27.9 Å². The predicted octanol–water partition coefficient (Wildman–Crippen LogP) is 2.93. The lowest BCUT2D eigenvalue weighted by Gasteiger charge is -2.08. The summed E-state index contributed by atoms with van der Waals surface area (Å²) < 4.78 is 2.65. The number of aromatic nitrogens is 4. The Bertz CT molecular complexity index is 1440. The maximum atomic E-state index is 12.8. The first-order chi connectivity index (χ1) is 15.3. The number of aryl methyl sites for hydroxylation is 1. The van der Waals surface area contributed by atoms with Gasteiger partial charge in [0.2, 0.25) is 0 Å². The fraction of sp³-hybridized carbons (Fsp3) is 0.136. The number of H-pyrrole nitrogens is 1. The molecule has 2 aromatic carbocycles. The van der Waals surface area contributed by atoms with Crippen LogP contribution < -0.4 is 11.2 Å². The highest BCUT2D eigenvalue weighted by atomic mass is 35.5. The number of halogens is 1. The van der Waals surface area contributed by atoms with Crippen molar-refractivity contribution in [2.75, 3.05) is 5.75 Å². The Hall–Kier alpha value is -3.43. The standard InChI is InChI=1S/C22H17ClN4O4S/c1-26-19-18(20(30)25-21(26)31)27(11-16(28)13-5-3-2-4-6-13)22(24-19)32-12-17(29)14-7-9-15(23)10-8-14/h2-10H,11-12H2,1H3,(H,25,30,31). The molecule has 0 aliphatic carbocycles. The maximum Gasteiger partial charge on any atom is 0.329 e. The molecule has 8 nitrogen and oxygen atoms in total. The van der Waals surface area contributed by atoms with Gasteiger partial charge in [-0.2, -0.15) is 0 Å². The molecule has 2 aromatic heterocycles. The lowest BCUT2D eigenvalue weighted by atomic mass is 10.1. The Morgan fingerprint density at radius 1 is 1.00 bits per heavy atom. The molecule has 162 valence electrons. The summed E-state index contributed by atoms with van der Waals surface area (Å²) in [4.78, 5) is 56.7. The number of fused-ring (bicyclic) bond motifs is 1. The Morgan fingerprint density at radius 3 is 2.34 bits per heavy atom. The lowest BCUT2D eigenvalue weighted by molar-refractivity contribution is 0.0969. The summed E-state index contributed by atoms with van der Waals surface area (Å²) >= 11 is 6.96. The van der Waals surface area contributed by atoms with Gasteiger partial charge in [0.05, 0.1) is 12.3 Å². The van der Waals surface area contributed by atoms with Crippen molar-refractivity contribution in [2.45, 2.75) is 11.7 Å². The first kappa shape index (κ1) is 21.8. The van der Waals surface area contributed by atoms with Crippen LogP contribution in [0.4, 0.5) is 0 Å². The molecule has 0 aliphatic rings. The molecule has 10 heteroatoms. The minimum absolute atomic E-state index is 0.0241. The second-order valence-electron chi connectivity index (χ2n) is 6.98. The zero-order chi connectivity index (χ0) is 22.8. The van der Waals surface area contributed by atoms with Crippen LogP contribution in [-0.2, 0) is 13.6 Å². The fourth-order valence-corrected chi connectivity index (χ4v) is 4.20. The molecule has 0 atom stereocenters. The number of carbonyl (C=O) groups is 2. The summed E-state index contributed by atoms with van der Waals surface area (Å²) in [6.45, 7) is -0.167. The molecule has 4 aromatic rings. The molecule has 4 rings (SSSR count). The van der Waals surface area contributed by atoms with Crippen LogP contribution >= 0.6 is 23.4 Å². The van der Waals surface area contributed by atoms with E-state index in [9.17, 15) is 19.2 Å². The van der Waals surface area contributed by atoms with Crippen LogP contribution in [0.1, 0.15) is 20.7 Å². The van der Waals surface area contributed by atoms with E-state index in [0.29, 0.717) is 21.3 Å². The number of nitrogens with one attached hydrogen (secondary N) is 1. The van der Waals surface area contributed by atoms with Gasteiger partial charge in [-0.1, -0.05) is 53.7 Å². The Labute approximate surface area is 190 Å². The molecule has 0 aliphatic heterocycles. The van der Waals surface area contributed by atoms with Crippen molar-refractivity contribution in [3.63, 3.8) is 0 Å². The van der Waals surface area contributed by atoms with Gasteiger partial charge < -0.3 is 4.57 Å². The van der Waals surface area contributed by atoms with Gasteiger partial charge in [-0.25, -0.2) is 9.78 Å². The van der Waals surface area contributed by atoms with Gasteiger partial charge in [-0.15, -0.1) is 0 Å². The van der Waals surface area contributed by atoms with Crippen molar-refractivity contribution in [3.05, 3.63) is 91.6 Å². The predicted molar refractivity (Wildman–Crippen MR) is 123 cm³/mol. The first-order valence-corrected chi connectivity index (χ1v) is 10.9. The highest BCUT2D eigenvalue weighted by Crippen LogP contribution is 2.23. The van der Waals surface area contributed by atoms with Gasteiger partial charge >= 0.3 is 5.69 Å². The Balaban J connectivity index is 1.72. The normalized spacial score (nSPS) is 11.1. The van der Waals surface area contributed by atoms with E-state index in [1.807, 2.05) is 0 Å². The summed E-state index contributed by atoms with van der Waals surface area (Å²) in [5, 5.41) is 0.814. The smallest absolute Gasteiger partial charge is 0.305 e. The average molecular weight is 469 g/mol. The quantitative estimate of drug-likeness (QED) is 0.330. The lowest BCUT2D eigenvalue weighted by Crippen LogP contribution is -2.29. The average Bonchev–Trinajstić information content (AvgIpc) is 3.15. The number of rotatable bonds is 7. The summed E-state index contributed by atoms with van der Waals surface area (Å²) in [6.07, 6.45) is 0. The zero-order valence-electron chi connectivity index (χ0n) is 16.9. The highest BCUT2D eigenvalue weighted by Gasteiger charge is 2.21. The van der Waals surface area contributed by atoms with Crippen molar-refractivity contribution < 1.29 is 9.59 Å². The van der Waals surface area contributed by atoms with Crippen molar-refractivity contribution in [1.82, 2.24) is 19.1 Å². The van der Waals surface area contributed by atoms with Gasteiger partial charge in [0, 0.05) is 23.2 Å². The topological polar surface area (TPSA) is 107 Å². The third-order valence-corrected chi connectivity index (χ3v) is 6.10. The van der Waals surface area contributed by atoms with Gasteiger partial charge in [-0.3, -0.25) is 23.9 Å². The molecule has 0 radical (unpaired) electrons. The molecular formula is C22H17ClN4O4S. The number of nitrogens with zero attached hydrogens (tertiary/aromatic N) is 3. The molecule has 0 saturated carbocycles. The van der Waals surface area contributed by atoms with Crippen molar-refractivity contribution in [2.24, 2.45) is 7.05 Å². The van der Waals surface area contributed by atoms with E-state index >= 15 is 0 Å². The van der Waals surface area contributed by atoms with E-state index in [0.717, 1.165) is 11.8 Å². The van der Waals surface area contributed by atoms with Crippen LogP contribution in [0.5, 0.6) is 0 Å². The number of imidazole rings is 1. The molecule has 0 saturated heterocycles. The molecular weight excluding hydrogens is 452 g/mol. The van der Waals surface area contributed by atoms with Gasteiger partial charge in [-0.05, 0) is 24.3 Å². The number of Topliss-reactive ketones (excluding diaryl/α,β-unsaturated/α-hetero) is 2. The third-order valence-electron chi connectivity index (χ3n) is 4.87. The summed E-state index contributed by atoms with van der Waals surface area (Å²) in [7, 11) is 1.48. The molecule has 0 amide bonds. The van der Waals surface area contributed by atoms with Gasteiger partial charge in [0.25, 0.3) is 5.56 Å². The zero-order valence-corrected chi connectivity index (χ0v) is 18.4. The number of hydrogen-bond donors (Lipinski definition) is 1. The van der Waals surface area contributed by atoms with Crippen LogP contribution in [0.15, 0.2) is 69.3 Å². The molecule has 32 heavy (non-hydrogen) atoms. The monoisotopic (exact) mass is 468 g/mol. The summed E-state index contributed by atoms with van der Waals surface area (Å²) in [5.41, 5.74) is -0.0690. The molecule has 1 N–H and O–H groups in total. The third kappa shape index (κ3) is 4.30.